The number of thioether (sulfide) groups is 1. The van der Waals surface area contributed by atoms with Gasteiger partial charge in [-0.3, -0.25) is 0 Å². The molecule has 3 heteroatoms. The van der Waals surface area contributed by atoms with Crippen molar-refractivity contribution in [3.63, 3.8) is 0 Å². The van der Waals surface area contributed by atoms with Gasteiger partial charge in [-0.2, -0.15) is 0 Å². The van der Waals surface area contributed by atoms with Crippen LogP contribution in [0.3, 0.4) is 0 Å². The van der Waals surface area contributed by atoms with Crippen LogP contribution in [-0.4, -0.2) is 15.0 Å². The van der Waals surface area contributed by atoms with E-state index < -0.39 is 0 Å². The van der Waals surface area contributed by atoms with E-state index >= 15 is 0 Å². The molecule has 0 heterocycles. The van der Waals surface area contributed by atoms with Crippen LogP contribution in [0.4, 0.5) is 0 Å². The highest BCUT2D eigenvalue weighted by atomic mass is 32.2. The van der Waals surface area contributed by atoms with Gasteiger partial charge >= 0.3 is 0 Å². The first-order valence-electron chi connectivity index (χ1n) is 8.79. The first-order chi connectivity index (χ1) is 11.8. The zero-order valence-electron chi connectivity index (χ0n) is 14.5. The summed E-state index contributed by atoms with van der Waals surface area (Å²) in [6, 6.07) is 21.2. The number of rotatable bonds is 9. The summed E-state index contributed by atoms with van der Waals surface area (Å²) in [4.78, 5) is 2.32. The molecule has 0 unspecified atom stereocenters. The smallest absolute Gasteiger partial charge is 0.136 e. The van der Waals surface area contributed by atoms with Crippen LogP contribution in [0, 0.1) is 0 Å². The number of unbranched alkanes of at least 4 members (excludes halogenated alkanes) is 3. The molecule has 2 aromatic carbocycles. The second kappa shape index (κ2) is 11.3. The van der Waals surface area contributed by atoms with Gasteiger partial charge in [0.05, 0.1) is 0 Å². The minimum absolute atomic E-state index is 0.872. The molecule has 0 radical (unpaired) electrons. The van der Waals surface area contributed by atoms with Gasteiger partial charge in [0.1, 0.15) is 4.32 Å². The van der Waals surface area contributed by atoms with E-state index in [0.29, 0.717) is 0 Å². The second-order valence-corrected chi connectivity index (χ2v) is 7.73. The molecule has 0 atom stereocenters. The van der Waals surface area contributed by atoms with Crippen LogP contribution < -0.4 is 0 Å². The maximum atomic E-state index is 5.74. The predicted octanol–water partition coefficient (Wildman–Crippen LogP) is 6.29. The summed E-state index contributed by atoms with van der Waals surface area (Å²) in [5.74, 6) is 1.12. The van der Waals surface area contributed by atoms with E-state index in [9.17, 15) is 0 Å². The van der Waals surface area contributed by atoms with Crippen LogP contribution in [0.15, 0.2) is 60.7 Å². The van der Waals surface area contributed by atoms with Crippen LogP contribution in [0.25, 0.3) is 0 Å². The number of nitrogens with zero attached hydrogens (tertiary/aromatic N) is 1. The van der Waals surface area contributed by atoms with Crippen molar-refractivity contribution in [2.24, 2.45) is 0 Å². The van der Waals surface area contributed by atoms with Crippen molar-refractivity contribution in [3.05, 3.63) is 71.8 Å². The summed E-state index contributed by atoms with van der Waals surface area (Å²) < 4.78 is 1.01. The van der Waals surface area contributed by atoms with Crippen molar-refractivity contribution < 1.29 is 0 Å². The fourth-order valence-corrected chi connectivity index (χ4v) is 3.79. The van der Waals surface area contributed by atoms with Gasteiger partial charge in [0, 0.05) is 18.8 Å². The van der Waals surface area contributed by atoms with Gasteiger partial charge < -0.3 is 4.90 Å². The lowest BCUT2D eigenvalue weighted by atomic mass is 10.2. The van der Waals surface area contributed by atoms with Gasteiger partial charge in [-0.25, -0.2) is 0 Å². The third-order valence-electron chi connectivity index (χ3n) is 3.91. The lowest BCUT2D eigenvalue weighted by Gasteiger charge is -2.25. The van der Waals surface area contributed by atoms with Crippen molar-refractivity contribution in [2.45, 2.75) is 45.7 Å². The first kappa shape index (κ1) is 19.0. The van der Waals surface area contributed by atoms with Gasteiger partial charge in [0.15, 0.2) is 0 Å². The van der Waals surface area contributed by atoms with E-state index in [-0.39, 0.29) is 0 Å². The summed E-state index contributed by atoms with van der Waals surface area (Å²) >= 11 is 7.57. The van der Waals surface area contributed by atoms with Crippen molar-refractivity contribution >= 4 is 28.3 Å². The van der Waals surface area contributed by atoms with Crippen molar-refractivity contribution in [1.29, 1.82) is 0 Å². The maximum Gasteiger partial charge on any atom is 0.136 e. The van der Waals surface area contributed by atoms with Crippen LogP contribution in [0.2, 0.25) is 0 Å². The standard InChI is InChI=1S/C21H27NS2/c1-2-3-4-11-16-24-21(23)22(17-19-12-7-5-8-13-19)18-20-14-9-6-10-15-20/h5-10,12-15H,2-4,11,16-18H2,1H3. The number of benzene rings is 2. The van der Waals surface area contributed by atoms with E-state index in [1.807, 2.05) is 11.8 Å². The Morgan fingerprint density at radius 3 is 1.88 bits per heavy atom. The molecule has 0 aliphatic rings. The Morgan fingerprint density at radius 2 is 1.38 bits per heavy atom. The normalized spacial score (nSPS) is 10.5. The summed E-state index contributed by atoms with van der Waals surface area (Å²) in [5, 5.41) is 0. The van der Waals surface area contributed by atoms with E-state index in [0.717, 1.165) is 23.2 Å². The molecule has 2 aromatic rings. The zero-order chi connectivity index (χ0) is 17.0. The largest absolute Gasteiger partial charge is 0.349 e. The Kier molecular flexibility index (Phi) is 8.93. The summed E-state index contributed by atoms with van der Waals surface area (Å²) in [6.07, 6.45) is 5.17. The van der Waals surface area contributed by atoms with E-state index in [1.54, 1.807) is 0 Å². The molecule has 0 aromatic heterocycles. The molecule has 0 aliphatic carbocycles. The quantitative estimate of drug-likeness (QED) is 0.384. The van der Waals surface area contributed by atoms with Crippen LogP contribution >= 0.6 is 24.0 Å². The highest BCUT2D eigenvalue weighted by Gasteiger charge is 2.11. The third kappa shape index (κ3) is 7.06. The second-order valence-electron chi connectivity index (χ2n) is 6.00. The van der Waals surface area contributed by atoms with Crippen molar-refractivity contribution in [2.75, 3.05) is 5.75 Å². The summed E-state index contributed by atoms with van der Waals surface area (Å²) in [6.45, 7) is 3.99. The topological polar surface area (TPSA) is 3.24 Å². The molecule has 24 heavy (non-hydrogen) atoms. The molecule has 0 spiro atoms. The third-order valence-corrected chi connectivity index (χ3v) is 5.52. The molecule has 1 nitrogen and oxygen atoms in total. The van der Waals surface area contributed by atoms with Gasteiger partial charge in [0.2, 0.25) is 0 Å². The fraction of sp³-hybridized carbons (Fsp3) is 0.381. The van der Waals surface area contributed by atoms with Crippen LogP contribution in [-0.2, 0) is 13.1 Å². The minimum atomic E-state index is 0.872. The van der Waals surface area contributed by atoms with Gasteiger partial charge in [-0.1, -0.05) is 111 Å². The number of thiocarbonyl (C=S) groups is 1. The Balaban J connectivity index is 1.95. The monoisotopic (exact) mass is 357 g/mol. The molecular weight excluding hydrogens is 330 g/mol. The van der Waals surface area contributed by atoms with Crippen molar-refractivity contribution in [1.82, 2.24) is 4.90 Å². The summed E-state index contributed by atoms with van der Waals surface area (Å²) in [7, 11) is 0. The molecule has 2 rings (SSSR count). The molecule has 0 saturated heterocycles. The Bertz CT molecular complexity index is 542. The lowest BCUT2D eigenvalue weighted by molar-refractivity contribution is 0.421. The van der Waals surface area contributed by atoms with Crippen molar-refractivity contribution in [3.8, 4) is 0 Å². The van der Waals surface area contributed by atoms with E-state index in [2.05, 4.69) is 72.5 Å². The average molecular weight is 358 g/mol. The highest BCUT2D eigenvalue weighted by Crippen LogP contribution is 2.18. The SMILES string of the molecule is CCCCCCSC(=S)N(Cc1ccccc1)Cc1ccccc1. The van der Waals surface area contributed by atoms with Gasteiger partial charge in [-0.05, 0) is 17.5 Å². The fourth-order valence-electron chi connectivity index (χ4n) is 2.57. The molecule has 0 amide bonds. The highest BCUT2D eigenvalue weighted by molar-refractivity contribution is 8.22. The molecular formula is C21H27NS2. The number of hydrogen-bond acceptors (Lipinski definition) is 2. The van der Waals surface area contributed by atoms with Crippen LogP contribution in [0.1, 0.15) is 43.7 Å². The first-order valence-corrected chi connectivity index (χ1v) is 10.2. The average Bonchev–Trinajstić information content (AvgIpc) is 2.62. The summed E-state index contributed by atoms with van der Waals surface area (Å²) in [5.41, 5.74) is 2.62. The molecule has 0 N–H and O–H groups in total. The van der Waals surface area contributed by atoms with Crippen LogP contribution in [0.5, 0.6) is 0 Å². The number of hydrogen-bond donors (Lipinski definition) is 0. The van der Waals surface area contributed by atoms with E-state index in [4.69, 9.17) is 12.2 Å². The zero-order valence-corrected chi connectivity index (χ0v) is 16.1. The Labute approximate surface area is 156 Å². The van der Waals surface area contributed by atoms with Gasteiger partial charge in [-0.15, -0.1) is 0 Å². The minimum Gasteiger partial charge on any atom is -0.349 e. The Hall–Kier alpha value is -1.32. The molecule has 0 bridgehead atoms. The van der Waals surface area contributed by atoms with E-state index in [1.165, 1.54) is 36.8 Å². The van der Waals surface area contributed by atoms with Gasteiger partial charge in [0.25, 0.3) is 0 Å². The Morgan fingerprint density at radius 1 is 0.833 bits per heavy atom. The lowest BCUT2D eigenvalue weighted by Crippen LogP contribution is -2.26. The maximum absolute atomic E-state index is 5.74. The molecule has 128 valence electrons. The molecule has 0 saturated carbocycles. The predicted molar refractivity (Wildman–Crippen MR) is 111 cm³/mol. The molecule has 0 aliphatic heterocycles. The molecule has 0 fully saturated rings.